The molecule has 0 spiro atoms. The van der Waals surface area contributed by atoms with Gasteiger partial charge in [0.2, 0.25) is 5.95 Å². The number of hydrogen-bond donors (Lipinski definition) is 2. The van der Waals surface area contributed by atoms with Crippen molar-refractivity contribution in [2.45, 2.75) is 0 Å². The molecule has 0 aliphatic rings. The molecule has 2 aromatic rings. The highest BCUT2D eigenvalue weighted by molar-refractivity contribution is 6.33. The van der Waals surface area contributed by atoms with Crippen LogP contribution in [0, 0.1) is 0 Å². The quantitative estimate of drug-likeness (QED) is 0.871. The van der Waals surface area contributed by atoms with Crippen molar-refractivity contribution in [2.24, 2.45) is 5.73 Å². The van der Waals surface area contributed by atoms with Crippen LogP contribution < -0.4 is 11.1 Å². The van der Waals surface area contributed by atoms with E-state index in [1.807, 2.05) is 30.3 Å². The summed E-state index contributed by atoms with van der Waals surface area (Å²) in [5.41, 5.74) is 7.10. The Kier molecular flexibility index (Phi) is 3.90. The van der Waals surface area contributed by atoms with Gasteiger partial charge in [0.25, 0.3) is 0 Å². The molecule has 0 amide bonds. The number of anilines is 1. The van der Waals surface area contributed by atoms with Crippen LogP contribution in [0.2, 0.25) is 5.02 Å². The SMILES string of the molecule is NCCNc1nccc(-c2ccccc2Cl)n1. The summed E-state index contributed by atoms with van der Waals surface area (Å²) < 4.78 is 0. The van der Waals surface area contributed by atoms with Crippen molar-refractivity contribution in [3.63, 3.8) is 0 Å². The van der Waals surface area contributed by atoms with Gasteiger partial charge in [0.15, 0.2) is 0 Å². The number of hydrogen-bond acceptors (Lipinski definition) is 4. The third kappa shape index (κ3) is 2.93. The standard InChI is InChI=1S/C12H13ClN4/c13-10-4-2-1-3-9(10)11-5-7-15-12(17-11)16-8-6-14/h1-5,7H,6,8,14H2,(H,15,16,17). The first kappa shape index (κ1) is 11.8. The van der Waals surface area contributed by atoms with Crippen molar-refractivity contribution < 1.29 is 0 Å². The Bertz CT molecular complexity index is 501. The van der Waals surface area contributed by atoms with E-state index in [-0.39, 0.29) is 0 Å². The van der Waals surface area contributed by atoms with E-state index in [4.69, 9.17) is 17.3 Å². The fourth-order valence-corrected chi connectivity index (χ4v) is 1.68. The molecule has 1 aromatic heterocycles. The van der Waals surface area contributed by atoms with Gasteiger partial charge in [-0.25, -0.2) is 9.97 Å². The lowest BCUT2D eigenvalue weighted by Gasteiger charge is -2.06. The molecule has 0 atom stereocenters. The number of halogens is 1. The summed E-state index contributed by atoms with van der Waals surface area (Å²) in [4.78, 5) is 8.49. The second-order valence-electron chi connectivity index (χ2n) is 3.46. The topological polar surface area (TPSA) is 63.8 Å². The summed E-state index contributed by atoms with van der Waals surface area (Å²) >= 11 is 6.11. The smallest absolute Gasteiger partial charge is 0.223 e. The molecule has 1 heterocycles. The van der Waals surface area contributed by atoms with Gasteiger partial charge in [0.1, 0.15) is 0 Å². The Balaban J connectivity index is 2.30. The zero-order chi connectivity index (χ0) is 12.1. The van der Waals surface area contributed by atoms with E-state index in [1.54, 1.807) is 6.20 Å². The number of nitrogens with one attached hydrogen (secondary N) is 1. The Hall–Kier alpha value is -1.65. The lowest BCUT2D eigenvalue weighted by molar-refractivity contribution is 0.990. The number of nitrogens with two attached hydrogens (primary N) is 1. The summed E-state index contributed by atoms with van der Waals surface area (Å²) in [7, 11) is 0. The first-order valence-corrected chi connectivity index (χ1v) is 5.71. The molecule has 0 saturated carbocycles. The summed E-state index contributed by atoms with van der Waals surface area (Å²) in [6, 6.07) is 9.41. The Labute approximate surface area is 105 Å². The van der Waals surface area contributed by atoms with Crippen molar-refractivity contribution in [3.8, 4) is 11.3 Å². The van der Waals surface area contributed by atoms with Gasteiger partial charge in [0.05, 0.1) is 5.69 Å². The van der Waals surface area contributed by atoms with Crippen LogP contribution in [0.1, 0.15) is 0 Å². The van der Waals surface area contributed by atoms with E-state index in [0.29, 0.717) is 24.1 Å². The monoisotopic (exact) mass is 248 g/mol. The summed E-state index contributed by atoms with van der Waals surface area (Å²) in [6.07, 6.45) is 1.70. The van der Waals surface area contributed by atoms with Crippen molar-refractivity contribution in [1.82, 2.24) is 9.97 Å². The van der Waals surface area contributed by atoms with Crippen molar-refractivity contribution >= 4 is 17.5 Å². The fraction of sp³-hybridized carbons (Fsp3) is 0.167. The van der Waals surface area contributed by atoms with E-state index in [1.165, 1.54) is 0 Å². The van der Waals surface area contributed by atoms with Crippen LogP contribution in [0.15, 0.2) is 36.5 Å². The highest BCUT2D eigenvalue weighted by Crippen LogP contribution is 2.25. The van der Waals surface area contributed by atoms with Gasteiger partial charge in [0, 0.05) is 29.9 Å². The molecule has 0 aliphatic heterocycles. The summed E-state index contributed by atoms with van der Waals surface area (Å²) in [5, 5.41) is 3.71. The molecule has 0 saturated heterocycles. The molecule has 4 nitrogen and oxygen atoms in total. The van der Waals surface area contributed by atoms with Crippen LogP contribution in [0.5, 0.6) is 0 Å². The molecule has 1 aromatic carbocycles. The number of nitrogens with zero attached hydrogens (tertiary/aromatic N) is 2. The molecule has 2 rings (SSSR count). The Morgan fingerprint density at radius 3 is 2.82 bits per heavy atom. The highest BCUT2D eigenvalue weighted by Gasteiger charge is 2.05. The van der Waals surface area contributed by atoms with Crippen LogP contribution >= 0.6 is 11.6 Å². The molecular weight excluding hydrogens is 236 g/mol. The third-order valence-corrected chi connectivity index (χ3v) is 2.56. The van der Waals surface area contributed by atoms with Crippen molar-refractivity contribution in [2.75, 3.05) is 18.4 Å². The van der Waals surface area contributed by atoms with Crippen LogP contribution in [-0.2, 0) is 0 Å². The maximum Gasteiger partial charge on any atom is 0.223 e. The van der Waals surface area contributed by atoms with Gasteiger partial charge in [-0.2, -0.15) is 0 Å². The largest absolute Gasteiger partial charge is 0.353 e. The number of aromatic nitrogens is 2. The first-order chi connectivity index (χ1) is 8.31. The van der Waals surface area contributed by atoms with E-state index >= 15 is 0 Å². The fourth-order valence-electron chi connectivity index (χ4n) is 1.45. The first-order valence-electron chi connectivity index (χ1n) is 5.33. The lowest BCUT2D eigenvalue weighted by atomic mass is 10.1. The highest BCUT2D eigenvalue weighted by atomic mass is 35.5. The molecule has 0 fully saturated rings. The average molecular weight is 249 g/mol. The third-order valence-electron chi connectivity index (χ3n) is 2.23. The molecule has 0 unspecified atom stereocenters. The van der Waals surface area contributed by atoms with E-state index in [2.05, 4.69) is 15.3 Å². The normalized spacial score (nSPS) is 10.2. The Morgan fingerprint density at radius 1 is 1.24 bits per heavy atom. The minimum absolute atomic E-state index is 0.541. The zero-order valence-corrected chi connectivity index (χ0v) is 9.98. The van der Waals surface area contributed by atoms with E-state index in [9.17, 15) is 0 Å². The van der Waals surface area contributed by atoms with Crippen molar-refractivity contribution in [1.29, 1.82) is 0 Å². The van der Waals surface area contributed by atoms with Gasteiger partial charge in [-0.3, -0.25) is 0 Å². The number of benzene rings is 1. The molecule has 5 heteroatoms. The van der Waals surface area contributed by atoms with E-state index < -0.39 is 0 Å². The van der Waals surface area contributed by atoms with E-state index in [0.717, 1.165) is 11.3 Å². The molecule has 88 valence electrons. The van der Waals surface area contributed by atoms with Gasteiger partial charge < -0.3 is 11.1 Å². The molecule has 0 aliphatic carbocycles. The Morgan fingerprint density at radius 2 is 2.06 bits per heavy atom. The molecule has 3 N–H and O–H groups in total. The van der Waals surface area contributed by atoms with Gasteiger partial charge in [-0.1, -0.05) is 29.8 Å². The van der Waals surface area contributed by atoms with Crippen LogP contribution in [-0.4, -0.2) is 23.1 Å². The predicted molar refractivity (Wildman–Crippen MR) is 70.0 cm³/mol. The molecule has 0 bridgehead atoms. The minimum Gasteiger partial charge on any atom is -0.353 e. The zero-order valence-electron chi connectivity index (χ0n) is 9.23. The van der Waals surface area contributed by atoms with Crippen molar-refractivity contribution in [3.05, 3.63) is 41.6 Å². The molecule has 17 heavy (non-hydrogen) atoms. The number of rotatable bonds is 4. The predicted octanol–water partition coefficient (Wildman–Crippen LogP) is 2.17. The minimum atomic E-state index is 0.541. The van der Waals surface area contributed by atoms with Crippen LogP contribution in [0.4, 0.5) is 5.95 Å². The van der Waals surface area contributed by atoms with Gasteiger partial charge in [-0.05, 0) is 12.1 Å². The van der Waals surface area contributed by atoms with Crippen LogP contribution in [0.3, 0.4) is 0 Å². The average Bonchev–Trinajstić information content (AvgIpc) is 2.37. The maximum atomic E-state index is 6.11. The maximum absolute atomic E-state index is 6.11. The second kappa shape index (κ2) is 5.61. The van der Waals surface area contributed by atoms with Gasteiger partial charge >= 0.3 is 0 Å². The van der Waals surface area contributed by atoms with Crippen LogP contribution in [0.25, 0.3) is 11.3 Å². The summed E-state index contributed by atoms with van der Waals surface area (Å²) in [5.74, 6) is 0.563. The second-order valence-corrected chi connectivity index (χ2v) is 3.87. The molecular formula is C12H13ClN4. The van der Waals surface area contributed by atoms with Gasteiger partial charge in [-0.15, -0.1) is 0 Å². The lowest BCUT2D eigenvalue weighted by Crippen LogP contribution is -2.14. The summed E-state index contributed by atoms with van der Waals surface area (Å²) in [6.45, 7) is 1.19. The molecule has 0 radical (unpaired) electrons.